The molecule has 1 aromatic carbocycles. The molecule has 8 heteroatoms. The Morgan fingerprint density at radius 2 is 2.12 bits per heavy atom. The van der Waals surface area contributed by atoms with Gasteiger partial charge in [0.1, 0.15) is 11.9 Å². The lowest BCUT2D eigenvalue weighted by Gasteiger charge is -2.13. The van der Waals surface area contributed by atoms with Crippen molar-refractivity contribution in [1.82, 2.24) is 15.3 Å². The van der Waals surface area contributed by atoms with Crippen LogP contribution < -0.4 is 10.9 Å². The lowest BCUT2D eigenvalue weighted by Crippen LogP contribution is -2.42. The normalized spacial score (nSPS) is 15.0. The number of carbonyl (C=O) groups is 2. The fourth-order valence-corrected chi connectivity index (χ4v) is 3.40. The molecule has 0 radical (unpaired) electrons. The van der Waals surface area contributed by atoms with Crippen molar-refractivity contribution in [2.24, 2.45) is 5.92 Å². The maximum absolute atomic E-state index is 12.0. The van der Waals surface area contributed by atoms with Crippen molar-refractivity contribution in [3.63, 3.8) is 0 Å². The van der Waals surface area contributed by atoms with E-state index < -0.39 is 12.0 Å². The van der Waals surface area contributed by atoms with Gasteiger partial charge in [0.2, 0.25) is 5.91 Å². The number of aromatic nitrogens is 2. The SMILES string of the molecule is O=C(CCSCc1nc2ccccc2c(=O)[nH]1)NC(C(=O)O)C1CC1. The molecular weight excluding hydrogens is 342 g/mol. The molecule has 7 nitrogen and oxygen atoms in total. The summed E-state index contributed by atoms with van der Waals surface area (Å²) in [5.74, 6) is 0.419. The predicted molar refractivity (Wildman–Crippen MR) is 95.4 cm³/mol. The van der Waals surface area contributed by atoms with E-state index in [4.69, 9.17) is 5.11 Å². The number of carboxylic acids is 1. The van der Waals surface area contributed by atoms with Crippen LogP contribution in [0.25, 0.3) is 10.9 Å². The largest absolute Gasteiger partial charge is 0.480 e. The average Bonchev–Trinajstić information content (AvgIpc) is 3.41. The number of fused-ring (bicyclic) bond motifs is 1. The van der Waals surface area contributed by atoms with Gasteiger partial charge in [0.25, 0.3) is 5.56 Å². The zero-order chi connectivity index (χ0) is 17.8. The highest BCUT2D eigenvalue weighted by atomic mass is 32.2. The first-order chi connectivity index (χ1) is 12.0. The molecule has 1 aliphatic rings. The highest BCUT2D eigenvalue weighted by molar-refractivity contribution is 7.98. The molecule has 3 N–H and O–H groups in total. The Morgan fingerprint density at radius 1 is 1.36 bits per heavy atom. The van der Waals surface area contributed by atoms with Crippen LogP contribution >= 0.6 is 11.8 Å². The summed E-state index contributed by atoms with van der Waals surface area (Å²) >= 11 is 1.47. The number of rotatable bonds is 8. The van der Waals surface area contributed by atoms with Gasteiger partial charge < -0.3 is 15.4 Å². The quantitative estimate of drug-likeness (QED) is 0.615. The summed E-state index contributed by atoms with van der Waals surface area (Å²) in [4.78, 5) is 42.1. The number of H-pyrrole nitrogens is 1. The smallest absolute Gasteiger partial charge is 0.326 e. The second kappa shape index (κ2) is 7.69. The Morgan fingerprint density at radius 3 is 2.84 bits per heavy atom. The van der Waals surface area contributed by atoms with Gasteiger partial charge in [-0.1, -0.05) is 12.1 Å². The third-order valence-electron chi connectivity index (χ3n) is 4.05. The summed E-state index contributed by atoms with van der Waals surface area (Å²) < 4.78 is 0. The Bertz CT molecular complexity index is 847. The number of hydrogen-bond acceptors (Lipinski definition) is 5. The van der Waals surface area contributed by atoms with Gasteiger partial charge >= 0.3 is 5.97 Å². The summed E-state index contributed by atoms with van der Waals surface area (Å²) in [6.07, 6.45) is 1.94. The zero-order valence-electron chi connectivity index (χ0n) is 13.5. The van der Waals surface area contributed by atoms with Crippen molar-refractivity contribution in [1.29, 1.82) is 0 Å². The molecule has 1 atom stereocenters. The Kier molecular flexibility index (Phi) is 5.37. The van der Waals surface area contributed by atoms with Gasteiger partial charge in [0.05, 0.1) is 16.7 Å². The molecule has 0 aliphatic heterocycles. The molecule has 25 heavy (non-hydrogen) atoms. The first kappa shape index (κ1) is 17.5. The molecule has 1 aliphatic carbocycles. The first-order valence-electron chi connectivity index (χ1n) is 8.12. The molecule has 0 bridgehead atoms. The maximum Gasteiger partial charge on any atom is 0.326 e. The van der Waals surface area contributed by atoms with Gasteiger partial charge in [0, 0.05) is 12.2 Å². The second-order valence-corrected chi connectivity index (χ2v) is 7.16. The fourth-order valence-electron chi connectivity index (χ4n) is 2.59. The third-order valence-corrected chi connectivity index (χ3v) is 5.02. The van der Waals surface area contributed by atoms with Gasteiger partial charge in [-0.2, -0.15) is 11.8 Å². The average molecular weight is 361 g/mol. The minimum Gasteiger partial charge on any atom is -0.480 e. The van der Waals surface area contributed by atoms with Crippen LogP contribution in [0.5, 0.6) is 0 Å². The molecule has 0 spiro atoms. The third kappa shape index (κ3) is 4.60. The van der Waals surface area contributed by atoms with E-state index in [1.165, 1.54) is 11.8 Å². The van der Waals surface area contributed by atoms with E-state index >= 15 is 0 Å². The van der Waals surface area contributed by atoms with Crippen molar-refractivity contribution < 1.29 is 14.7 Å². The number of amides is 1. The Labute approximate surface area is 148 Å². The lowest BCUT2D eigenvalue weighted by molar-refractivity contribution is -0.142. The van der Waals surface area contributed by atoms with E-state index in [2.05, 4.69) is 15.3 Å². The van der Waals surface area contributed by atoms with E-state index in [0.29, 0.717) is 28.2 Å². The molecule has 1 saturated carbocycles. The zero-order valence-corrected chi connectivity index (χ0v) is 14.3. The summed E-state index contributed by atoms with van der Waals surface area (Å²) in [5, 5.41) is 12.2. The molecule has 3 rings (SSSR count). The summed E-state index contributed by atoms with van der Waals surface area (Å²) in [7, 11) is 0. The van der Waals surface area contributed by atoms with Crippen molar-refractivity contribution in [3.05, 3.63) is 40.4 Å². The summed E-state index contributed by atoms with van der Waals surface area (Å²) in [5.41, 5.74) is 0.473. The molecule has 132 valence electrons. The number of hydrogen-bond donors (Lipinski definition) is 3. The topological polar surface area (TPSA) is 112 Å². The van der Waals surface area contributed by atoms with E-state index in [-0.39, 0.29) is 23.8 Å². The molecule has 1 unspecified atom stereocenters. The Hall–Kier alpha value is -2.35. The van der Waals surface area contributed by atoms with Crippen molar-refractivity contribution in [3.8, 4) is 0 Å². The molecule has 0 saturated heterocycles. The number of aliphatic carboxylic acids is 1. The van der Waals surface area contributed by atoms with E-state index in [0.717, 1.165) is 12.8 Å². The number of aromatic amines is 1. The first-order valence-corrected chi connectivity index (χ1v) is 9.28. The number of nitrogens with one attached hydrogen (secondary N) is 2. The molecule has 1 heterocycles. The molecule has 2 aromatic rings. The standard InChI is InChI=1S/C17H19N3O4S/c21-14(20-15(17(23)24)10-5-6-10)7-8-25-9-13-18-12-4-2-1-3-11(12)16(22)19-13/h1-4,10,15H,5-9H2,(H,20,21)(H,23,24)(H,18,19,22). The van der Waals surface area contributed by atoms with Crippen LogP contribution in [0, 0.1) is 5.92 Å². The molecular formula is C17H19N3O4S. The second-order valence-electron chi connectivity index (χ2n) is 6.05. The molecule has 1 fully saturated rings. The number of nitrogens with zero attached hydrogens (tertiary/aromatic N) is 1. The van der Waals surface area contributed by atoms with Gasteiger partial charge in [0.15, 0.2) is 0 Å². The minimum absolute atomic E-state index is 0.0704. The van der Waals surface area contributed by atoms with E-state index in [1.807, 2.05) is 6.07 Å². The monoisotopic (exact) mass is 361 g/mol. The maximum atomic E-state index is 12.0. The highest BCUT2D eigenvalue weighted by Gasteiger charge is 2.37. The molecule has 1 amide bonds. The van der Waals surface area contributed by atoms with Crippen LogP contribution in [0.2, 0.25) is 0 Å². The summed E-state index contributed by atoms with van der Waals surface area (Å²) in [6, 6.07) is 6.36. The van der Waals surface area contributed by atoms with Gasteiger partial charge in [-0.3, -0.25) is 9.59 Å². The highest BCUT2D eigenvalue weighted by Crippen LogP contribution is 2.32. The fraction of sp³-hybridized carbons (Fsp3) is 0.412. The number of para-hydroxylation sites is 1. The minimum atomic E-state index is -0.971. The van der Waals surface area contributed by atoms with Gasteiger partial charge in [-0.15, -0.1) is 0 Å². The number of thioether (sulfide) groups is 1. The van der Waals surface area contributed by atoms with Crippen LogP contribution in [-0.4, -0.2) is 38.7 Å². The van der Waals surface area contributed by atoms with Gasteiger partial charge in [-0.05, 0) is 30.9 Å². The van der Waals surface area contributed by atoms with Crippen molar-refractivity contribution in [2.75, 3.05) is 5.75 Å². The van der Waals surface area contributed by atoms with Crippen LogP contribution in [0.15, 0.2) is 29.1 Å². The van der Waals surface area contributed by atoms with Crippen LogP contribution in [0.3, 0.4) is 0 Å². The number of carboxylic acid groups (broad SMARTS) is 1. The van der Waals surface area contributed by atoms with Crippen LogP contribution in [-0.2, 0) is 15.3 Å². The number of carbonyl (C=O) groups excluding carboxylic acids is 1. The predicted octanol–water partition coefficient (Wildman–Crippen LogP) is 1.53. The number of benzene rings is 1. The van der Waals surface area contributed by atoms with Crippen molar-refractivity contribution >= 4 is 34.5 Å². The van der Waals surface area contributed by atoms with E-state index in [1.54, 1.807) is 18.2 Å². The van der Waals surface area contributed by atoms with Crippen LogP contribution in [0.4, 0.5) is 0 Å². The van der Waals surface area contributed by atoms with Crippen LogP contribution in [0.1, 0.15) is 25.1 Å². The summed E-state index contributed by atoms with van der Waals surface area (Å²) in [6.45, 7) is 0. The Balaban J connectivity index is 1.47. The van der Waals surface area contributed by atoms with E-state index in [9.17, 15) is 14.4 Å². The molecule has 1 aromatic heterocycles. The van der Waals surface area contributed by atoms with Gasteiger partial charge in [-0.25, -0.2) is 9.78 Å². The van der Waals surface area contributed by atoms with Crippen molar-refractivity contribution in [2.45, 2.75) is 31.1 Å². The lowest BCUT2D eigenvalue weighted by atomic mass is 10.2.